The van der Waals surface area contributed by atoms with Crippen molar-refractivity contribution in [3.8, 4) is 0 Å². The van der Waals surface area contributed by atoms with E-state index in [9.17, 15) is 4.79 Å². The number of hydrogen-bond acceptors (Lipinski definition) is 1. The molecule has 0 aliphatic carbocycles. The molecule has 0 N–H and O–H groups in total. The summed E-state index contributed by atoms with van der Waals surface area (Å²) in [6.07, 6.45) is 1.79. The Hall–Kier alpha value is -1.28. The Morgan fingerprint density at radius 1 is 1.29 bits per heavy atom. The highest BCUT2D eigenvalue weighted by molar-refractivity contribution is 6.18. The maximum Gasteiger partial charge on any atom is 0.258 e. The van der Waals surface area contributed by atoms with Gasteiger partial charge in [-0.25, -0.2) is 0 Å². The maximum atomic E-state index is 11.7. The standard InChI is InChI=1S/C11H10ClNO/c1-13-7-8(6-12)9-4-2-3-5-10(9)11(13)14/h2-5,7H,6H2,1H3. The first-order valence-electron chi connectivity index (χ1n) is 4.37. The molecule has 2 rings (SSSR count). The third-order valence-electron chi connectivity index (χ3n) is 2.32. The summed E-state index contributed by atoms with van der Waals surface area (Å²) in [5, 5.41) is 1.68. The third-order valence-corrected chi connectivity index (χ3v) is 2.61. The molecule has 0 unspecified atom stereocenters. The van der Waals surface area contributed by atoms with Crippen LogP contribution in [0.5, 0.6) is 0 Å². The Kier molecular flexibility index (Phi) is 2.30. The lowest BCUT2D eigenvalue weighted by Crippen LogP contribution is -2.16. The molecule has 2 aromatic rings. The van der Waals surface area contributed by atoms with E-state index in [0.717, 1.165) is 16.3 Å². The molecule has 0 aliphatic heterocycles. The van der Waals surface area contributed by atoms with Gasteiger partial charge >= 0.3 is 0 Å². The van der Waals surface area contributed by atoms with E-state index < -0.39 is 0 Å². The van der Waals surface area contributed by atoms with Gasteiger partial charge in [-0.1, -0.05) is 18.2 Å². The fourth-order valence-electron chi connectivity index (χ4n) is 1.61. The molecule has 0 atom stereocenters. The van der Waals surface area contributed by atoms with Crippen molar-refractivity contribution < 1.29 is 0 Å². The van der Waals surface area contributed by atoms with E-state index in [1.54, 1.807) is 17.8 Å². The van der Waals surface area contributed by atoms with Crippen molar-refractivity contribution in [3.63, 3.8) is 0 Å². The summed E-state index contributed by atoms with van der Waals surface area (Å²) in [7, 11) is 1.74. The van der Waals surface area contributed by atoms with E-state index in [1.807, 2.05) is 24.3 Å². The minimum atomic E-state index is 0.0227. The molecule has 1 aromatic heterocycles. The molecule has 0 saturated carbocycles. The van der Waals surface area contributed by atoms with Gasteiger partial charge in [0.2, 0.25) is 0 Å². The number of fused-ring (bicyclic) bond motifs is 1. The zero-order valence-corrected chi connectivity index (χ0v) is 8.58. The number of benzene rings is 1. The van der Waals surface area contributed by atoms with Crippen molar-refractivity contribution in [3.05, 3.63) is 46.4 Å². The number of pyridine rings is 1. The van der Waals surface area contributed by atoms with Gasteiger partial charge in [0, 0.05) is 24.5 Å². The van der Waals surface area contributed by atoms with E-state index in [1.165, 1.54) is 0 Å². The van der Waals surface area contributed by atoms with Gasteiger partial charge in [0.1, 0.15) is 0 Å². The first-order chi connectivity index (χ1) is 6.74. The molecule has 1 aromatic carbocycles. The lowest BCUT2D eigenvalue weighted by molar-refractivity contribution is 0.864. The van der Waals surface area contributed by atoms with Crippen LogP contribution in [0.25, 0.3) is 10.8 Å². The molecule has 0 aliphatic rings. The molecule has 0 amide bonds. The Morgan fingerprint density at radius 2 is 1.93 bits per heavy atom. The Morgan fingerprint density at radius 3 is 2.57 bits per heavy atom. The molecule has 2 nitrogen and oxygen atoms in total. The summed E-state index contributed by atoms with van der Waals surface area (Å²) < 4.78 is 1.57. The minimum Gasteiger partial charge on any atom is -0.318 e. The average molecular weight is 208 g/mol. The second-order valence-electron chi connectivity index (χ2n) is 3.25. The summed E-state index contributed by atoms with van der Waals surface area (Å²) in [6, 6.07) is 7.53. The van der Waals surface area contributed by atoms with Crippen LogP contribution in [-0.2, 0) is 12.9 Å². The number of halogens is 1. The van der Waals surface area contributed by atoms with Gasteiger partial charge in [-0.15, -0.1) is 11.6 Å². The molecule has 3 heteroatoms. The molecule has 14 heavy (non-hydrogen) atoms. The second-order valence-corrected chi connectivity index (χ2v) is 3.52. The summed E-state index contributed by atoms with van der Waals surface area (Å²) in [6.45, 7) is 0. The van der Waals surface area contributed by atoms with E-state index in [4.69, 9.17) is 11.6 Å². The van der Waals surface area contributed by atoms with Crippen LogP contribution in [0.4, 0.5) is 0 Å². The monoisotopic (exact) mass is 207 g/mol. The zero-order valence-electron chi connectivity index (χ0n) is 7.83. The fraction of sp³-hybridized carbons (Fsp3) is 0.182. The van der Waals surface area contributed by atoms with Crippen LogP contribution in [-0.4, -0.2) is 4.57 Å². The molecule has 72 valence electrons. The first kappa shape index (κ1) is 9.28. The highest BCUT2D eigenvalue weighted by Gasteiger charge is 2.04. The zero-order chi connectivity index (χ0) is 10.1. The van der Waals surface area contributed by atoms with Gasteiger partial charge in [0.25, 0.3) is 5.56 Å². The smallest absolute Gasteiger partial charge is 0.258 e. The van der Waals surface area contributed by atoms with Gasteiger partial charge in [-0.2, -0.15) is 0 Å². The van der Waals surface area contributed by atoms with Crippen molar-refractivity contribution in [2.75, 3.05) is 0 Å². The molecule has 0 radical (unpaired) electrons. The largest absolute Gasteiger partial charge is 0.318 e. The minimum absolute atomic E-state index is 0.0227. The van der Waals surface area contributed by atoms with Crippen molar-refractivity contribution in [1.29, 1.82) is 0 Å². The quantitative estimate of drug-likeness (QED) is 0.658. The van der Waals surface area contributed by atoms with Gasteiger partial charge in [0.15, 0.2) is 0 Å². The van der Waals surface area contributed by atoms with E-state index in [-0.39, 0.29) is 5.56 Å². The van der Waals surface area contributed by atoms with Crippen LogP contribution in [0.1, 0.15) is 5.56 Å². The van der Waals surface area contributed by atoms with Gasteiger partial charge in [-0.05, 0) is 17.0 Å². The van der Waals surface area contributed by atoms with Crippen LogP contribution >= 0.6 is 11.6 Å². The average Bonchev–Trinajstić information content (AvgIpc) is 2.23. The van der Waals surface area contributed by atoms with Crippen molar-refractivity contribution in [2.24, 2.45) is 7.05 Å². The highest BCUT2D eigenvalue weighted by Crippen LogP contribution is 2.16. The summed E-state index contributed by atoms with van der Waals surface area (Å²) in [5.74, 6) is 0.425. The van der Waals surface area contributed by atoms with Crippen LogP contribution in [0.15, 0.2) is 35.3 Å². The number of rotatable bonds is 1. The van der Waals surface area contributed by atoms with Gasteiger partial charge < -0.3 is 4.57 Å². The van der Waals surface area contributed by atoms with E-state index in [0.29, 0.717) is 5.88 Å². The molecule has 0 spiro atoms. The molecule has 1 heterocycles. The first-order valence-corrected chi connectivity index (χ1v) is 4.90. The van der Waals surface area contributed by atoms with Crippen LogP contribution in [0, 0.1) is 0 Å². The fourth-order valence-corrected chi connectivity index (χ4v) is 1.82. The molecule has 0 bridgehead atoms. The predicted octanol–water partition coefficient (Wildman–Crippen LogP) is 2.28. The normalized spacial score (nSPS) is 10.7. The van der Waals surface area contributed by atoms with Crippen molar-refractivity contribution in [2.45, 2.75) is 5.88 Å². The maximum absolute atomic E-state index is 11.7. The lowest BCUT2D eigenvalue weighted by atomic mass is 10.1. The molecular formula is C11H10ClNO. The molecular weight excluding hydrogens is 198 g/mol. The van der Waals surface area contributed by atoms with Crippen molar-refractivity contribution in [1.82, 2.24) is 4.57 Å². The number of aromatic nitrogens is 1. The second kappa shape index (κ2) is 3.46. The predicted molar refractivity (Wildman–Crippen MR) is 58.7 cm³/mol. The number of hydrogen-bond donors (Lipinski definition) is 0. The summed E-state index contributed by atoms with van der Waals surface area (Å²) in [4.78, 5) is 11.7. The highest BCUT2D eigenvalue weighted by atomic mass is 35.5. The number of nitrogens with zero attached hydrogens (tertiary/aromatic N) is 1. The summed E-state index contributed by atoms with van der Waals surface area (Å²) >= 11 is 5.81. The van der Waals surface area contributed by atoms with Crippen LogP contribution < -0.4 is 5.56 Å². The van der Waals surface area contributed by atoms with Crippen molar-refractivity contribution >= 4 is 22.4 Å². The van der Waals surface area contributed by atoms with Crippen LogP contribution in [0.3, 0.4) is 0 Å². The third kappa shape index (κ3) is 1.32. The van der Waals surface area contributed by atoms with Crippen LogP contribution in [0.2, 0.25) is 0 Å². The van der Waals surface area contributed by atoms with E-state index in [2.05, 4.69) is 0 Å². The Bertz CT molecular complexity index is 530. The number of alkyl halides is 1. The lowest BCUT2D eigenvalue weighted by Gasteiger charge is -2.05. The topological polar surface area (TPSA) is 22.0 Å². The van der Waals surface area contributed by atoms with Gasteiger partial charge in [-0.3, -0.25) is 4.79 Å². The SMILES string of the molecule is Cn1cc(CCl)c2ccccc2c1=O. The molecule has 0 fully saturated rings. The Balaban J connectivity index is 2.97. The Labute approximate surface area is 86.7 Å². The van der Waals surface area contributed by atoms with Gasteiger partial charge in [0.05, 0.1) is 0 Å². The summed E-state index contributed by atoms with van der Waals surface area (Å²) in [5.41, 5.74) is 1.01. The number of aryl methyl sites for hydroxylation is 1. The van der Waals surface area contributed by atoms with E-state index >= 15 is 0 Å². The molecule has 0 saturated heterocycles.